The number of nitrogens with one attached hydrogen (secondary N) is 1. The monoisotopic (exact) mass is 318 g/mol. The molecule has 0 saturated carbocycles. The van der Waals surface area contributed by atoms with E-state index in [9.17, 15) is 10.1 Å². The highest BCUT2D eigenvalue weighted by Gasteiger charge is 2.13. The van der Waals surface area contributed by atoms with Gasteiger partial charge < -0.3 is 5.32 Å². The van der Waals surface area contributed by atoms with Crippen molar-refractivity contribution in [3.8, 4) is 0 Å². The summed E-state index contributed by atoms with van der Waals surface area (Å²) < 4.78 is 0.866. The highest BCUT2D eigenvalue weighted by molar-refractivity contribution is 9.10. The van der Waals surface area contributed by atoms with Gasteiger partial charge in [-0.25, -0.2) is 0 Å². The van der Waals surface area contributed by atoms with E-state index in [-0.39, 0.29) is 10.6 Å². The van der Waals surface area contributed by atoms with Crippen molar-refractivity contribution in [3.63, 3.8) is 0 Å². The fraction of sp³-hybridized carbons (Fsp3) is 0.455. The van der Waals surface area contributed by atoms with E-state index < -0.39 is 0 Å². The van der Waals surface area contributed by atoms with Crippen LogP contribution in [0.2, 0.25) is 0 Å². The number of nitro benzene ring substituents is 1. The van der Waals surface area contributed by atoms with Crippen LogP contribution in [-0.4, -0.2) is 23.5 Å². The zero-order valence-electron chi connectivity index (χ0n) is 9.83. The Balaban J connectivity index is 2.77. The summed E-state index contributed by atoms with van der Waals surface area (Å²) in [5, 5.41) is 14.0. The van der Waals surface area contributed by atoms with E-state index in [4.69, 9.17) is 0 Å². The predicted molar refractivity (Wildman–Crippen MR) is 77.0 cm³/mol. The first-order chi connectivity index (χ1) is 8.06. The number of halogens is 1. The van der Waals surface area contributed by atoms with E-state index >= 15 is 0 Å². The molecule has 0 saturated heterocycles. The van der Waals surface area contributed by atoms with Gasteiger partial charge in [0.15, 0.2) is 0 Å². The highest BCUT2D eigenvalue weighted by Crippen LogP contribution is 2.30. The molecular formula is C11H15BrN2O2S. The first-order valence-corrected chi connectivity index (χ1v) is 7.42. The second kappa shape index (κ2) is 6.86. The summed E-state index contributed by atoms with van der Waals surface area (Å²) in [7, 11) is 0. The minimum atomic E-state index is -0.352. The largest absolute Gasteiger partial charge is 0.384 e. The Morgan fingerprint density at radius 1 is 1.53 bits per heavy atom. The second-order valence-corrected chi connectivity index (χ2v) is 5.49. The summed E-state index contributed by atoms with van der Waals surface area (Å²) >= 11 is 5.20. The standard InChI is InChI=1S/C11H15BrN2O2S/c1-8-6-9(12)10(7-11(8)14(15)16)13-4-3-5-17-2/h6-7,13H,3-5H2,1-2H3. The Labute approximate surface area is 113 Å². The normalized spacial score (nSPS) is 10.3. The van der Waals surface area contributed by atoms with Crippen LogP contribution in [0.4, 0.5) is 11.4 Å². The van der Waals surface area contributed by atoms with Crippen molar-refractivity contribution in [3.05, 3.63) is 32.3 Å². The van der Waals surface area contributed by atoms with E-state index in [0.717, 1.165) is 28.9 Å². The zero-order chi connectivity index (χ0) is 12.8. The number of aryl methyl sites for hydroxylation is 1. The van der Waals surface area contributed by atoms with Gasteiger partial charge in [-0.15, -0.1) is 0 Å². The second-order valence-electron chi connectivity index (χ2n) is 3.65. The highest BCUT2D eigenvalue weighted by atomic mass is 79.9. The number of benzene rings is 1. The van der Waals surface area contributed by atoms with Crippen LogP contribution in [0.1, 0.15) is 12.0 Å². The minimum absolute atomic E-state index is 0.153. The van der Waals surface area contributed by atoms with Gasteiger partial charge in [-0.3, -0.25) is 10.1 Å². The maximum Gasteiger partial charge on any atom is 0.274 e. The Kier molecular flexibility index (Phi) is 5.77. The molecule has 6 heteroatoms. The van der Waals surface area contributed by atoms with Crippen LogP contribution in [-0.2, 0) is 0 Å². The summed E-state index contributed by atoms with van der Waals surface area (Å²) in [5.74, 6) is 1.08. The quantitative estimate of drug-likeness (QED) is 0.492. The van der Waals surface area contributed by atoms with E-state index in [0.29, 0.717) is 5.56 Å². The maximum absolute atomic E-state index is 10.8. The molecule has 0 aliphatic heterocycles. The number of rotatable bonds is 6. The van der Waals surface area contributed by atoms with E-state index in [1.807, 2.05) is 0 Å². The molecule has 17 heavy (non-hydrogen) atoms. The zero-order valence-corrected chi connectivity index (χ0v) is 12.2. The van der Waals surface area contributed by atoms with E-state index in [2.05, 4.69) is 27.5 Å². The van der Waals surface area contributed by atoms with Gasteiger partial charge in [-0.05, 0) is 47.3 Å². The maximum atomic E-state index is 10.8. The van der Waals surface area contributed by atoms with Gasteiger partial charge in [0.1, 0.15) is 0 Å². The molecule has 0 aliphatic carbocycles. The Morgan fingerprint density at radius 2 is 2.24 bits per heavy atom. The third-order valence-corrected chi connectivity index (χ3v) is 3.68. The number of hydrogen-bond acceptors (Lipinski definition) is 4. The van der Waals surface area contributed by atoms with Crippen molar-refractivity contribution < 1.29 is 4.92 Å². The molecule has 1 aromatic carbocycles. The lowest BCUT2D eigenvalue weighted by Crippen LogP contribution is -2.04. The molecule has 0 spiro atoms. The number of nitrogens with zero attached hydrogens (tertiary/aromatic N) is 1. The molecule has 1 rings (SSSR count). The lowest BCUT2D eigenvalue weighted by Gasteiger charge is -2.09. The Bertz CT molecular complexity index is 413. The van der Waals surface area contributed by atoms with Crippen molar-refractivity contribution in [2.75, 3.05) is 23.9 Å². The number of anilines is 1. The molecule has 0 heterocycles. The molecule has 0 fully saturated rings. The summed E-state index contributed by atoms with van der Waals surface area (Å²) in [5.41, 5.74) is 1.60. The van der Waals surface area contributed by atoms with Gasteiger partial charge in [0.2, 0.25) is 0 Å². The van der Waals surface area contributed by atoms with Gasteiger partial charge in [0, 0.05) is 22.6 Å². The minimum Gasteiger partial charge on any atom is -0.384 e. The van der Waals surface area contributed by atoms with Crippen molar-refractivity contribution in [2.24, 2.45) is 0 Å². The van der Waals surface area contributed by atoms with Gasteiger partial charge >= 0.3 is 0 Å². The summed E-state index contributed by atoms with van der Waals surface area (Å²) in [6.07, 6.45) is 3.10. The molecule has 94 valence electrons. The van der Waals surface area contributed by atoms with Gasteiger partial charge in [0.25, 0.3) is 5.69 Å². The molecule has 0 amide bonds. The van der Waals surface area contributed by atoms with Crippen LogP contribution in [0.15, 0.2) is 16.6 Å². The first-order valence-electron chi connectivity index (χ1n) is 5.23. The summed E-state index contributed by atoms with van der Waals surface area (Å²) in [6.45, 7) is 2.56. The van der Waals surface area contributed by atoms with Gasteiger partial charge in [0.05, 0.1) is 10.6 Å². The fourth-order valence-corrected chi connectivity index (χ4v) is 2.46. The lowest BCUT2D eigenvalue weighted by atomic mass is 10.2. The van der Waals surface area contributed by atoms with E-state index in [1.165, 1.54) is 0 Å². The van der Waals surface area contributed by atoms with Crippen LogP contribution in [0.3, 0.4) is 0 Å². The lowest BCUT2D eigenvalue weighted by molar-refractivity contribution is -0.385. The van der Waals surface area contributed by atoms with Gasteiger partial charge in [-0.1, -0.05) is 0 Å². The van der Waals surface area contributed by atoms with Crippen LogP contribution in [0, 0.1) is 17.0 Å². The molecular weight excluding hydrogens is 304 g/mol. The van der Waals surface area contributed by atoms with Crippen molar-refractivity contribution in [2.45, 2.75) is 13.3 Å². The first kappa shape index (κ1) is 14.3. The average molecular weight is 319 g/mol. The Hall–Kier alpha value is -0.750. The topological polar surface area (TPSA) is 55.2 Å². The average Bonchev–Trinajstić information content (AvgIpc) is 2.26. The molecule has 0 unspecified atom stereocenters. The summed E-state index contributed by atoms with van der Waals surface area (Å²) in [4.78, 5) is 10.5. The van der Waals surface area contributed by atoms with Crippen LogP contribution in [0.5, 0.6) is 0 Å². The molecule has 1 N–H and O–H groups in total. The predicted octanol–water partition coefficient (Wildman–Crippen LogP) is 3.83. The van der Waals surface area contributed by atoms with Crippen LogP contribution < -0.4 is 5.32 Å². The van der Waals surface area contributed by atoms with Gasteiger partial charge in [-0.2, -0.15) is 11.8 Å². The van der Waals surface area contributed by atoms with Crippen molar-refractivity contribution in [1.82, 2.24) is 0 Å². The third kappa shape index (κ3) is 4.20. The van der Waals surface area contributed by atoms with Crippen LogP contribution >= 0.6 is 27.7 Å². The third-order valence-electron chi connectivity index (χ3n) is 2.32. The van der Waals surface area contributed by atoms with Crippen LogP contribution in [0.25, 0.3) is 0 Å². The molecule has 4 nitrogen and oxygen atoms in total. The molecule has 0 aliphatic rings. The van der Waals surface area contributed by atoms with Crippen molar-refractivity contribution >= 4 is 39.1 Å². The number of thioether (sulfide) groups is 1. The smallest absolute Gasteiger partial charge is 0.274 e. The SMILES string of the molecule is CSCCCNc1cc([N+](=O)[O-])c(C)cc1Br. The molecule has 0 radical (unpaired) electrons. The Morgan fingerprint density at radius 3 is 2.82 bits per heavy atom. The molecule has 0 aromatic heterocycles. The summed E-state index contributed by atoms with van der Waals surface area (Å²) in [6, 6.07) is 3.35. The number of nitro groups is 1. The van der Waals surface area contributed by atoms with Crippen molar-refractivity contribution in [1.29, 1.82) is 0 Å². The fourth-order valence-electron chi connectivity index (χ4n) is 1.43. The molecule has 1 aromatic rings. The molecule has 0 bridgehead atoms. The number of hydrogen-bond donors (Lipinski definition) is 1. The molecule has 0 atom stereocenters. The van der Waals surface area contributed by atoms with E-state index in [1.54, 1.807) is 30.8 Å².